The maximum absolute atomic E-state index is 5.53. The Morgan fingerprint density at radius 3 is 1.47 bits per heavy atom. The van der Waals surface area contributed by atoms with Crippen molar-refractivity contribution in [3.8, 4) is 23.0 Å². The summed E-state index contributed by atoms with van der Waals surface area (Å²) in [5.74, 6) is 2.09. The van der Waals surface area contributed by atoms with Crippen molar-refractivity contribution >= 4 is 78.5 Å². The third kappa shape index (κ3) is 5.09. The molecule has 12 rings (SSSR count). The van der Waals surface area contributed by atoms with E-state index in [0.717, 1.165) is 56.0 Å². The minimum absolute atomic E-state index is 0.550. The van der Waals surface area contributed by atoms with Gasteiger partial charge in [-0.15, -0.1) is 0 Å². The van der Waals surface area contributed by atoms with Crippen LogP contribution in [0.2, 0.25) is 0 Å². The lowest BCUT2D eigenvalue weighted by molar-refractivity contribution is 0.937. The van der Waals surface area contributed by atoms with E-state index in [2.05, 4.69) is 226 Å². The molecule has 0 spiro atoms. The highest BCUT2D eigenvalue weighted by molar-refractivity contribution is 7.19. The zero-order chi connectivity index (χ0) is 39.6. The lowest BCUT2D eigenvalue weighted by Crippen LogP contribution is -2.74. The van der Waals surface area contributed by atoms with Gasteiger partial charge in [-0.25, -0.2) is 14.5 Å². The van der Waals surface area contributed by atoms with Crippen molar-refractivity contribution in [1.82, 2.24) is 28.5 Å². The second-order valence-corrected chi connectivity index (χ2v) is 19.1. The molecule has 282 valence electrons. The number of fused-ring (bicyclic) bond motifs is 8. The van der Waals surface area contributed by atoms with Gasteiger partial charge in [-0.1, -0.05) is 176 Å². The zero-order valence-corrected chi connectivity index (χ0v) is 33.5. The number of benzene rings is 8. The molecule has 0 amide bonds. The molecule has 4 aromatic heterocycles. The fourth-order valence-corrected chi connectivity index (χ4v) is 14.3. The second kappa shape index (κ2) is 13.6. The van der Waals surface area contributed by atoms with E-state index in [-0.39, 0.29) is 0 Å². The standard InChI is InChI=1S/C53H36N6Si/c1-4-20-38(21-5-1)60(39-22-6-2-7-23-39,40-24-8-3-9-25-40)41-26-18-19-37(35-41)45-36-51(57-46-30-13-10-27-42(46)43-28-11-14-31-47(43)57)56-52(54-45)59-50-34-17-16-33-49(50)58-48-32-15-12-29-44(48)55-53(58)59/h1-36H. The zero-order valence-electron chi connectivity index (χ0n) is 32.5. The largest absolute Gasteiger partial charge is 0.294 e. The maximum atomic E-state index is 5.53. The van der Waals surface area contributed by atoms with Gasteiger partial charge in [-0.3, -0.25) is 8.97 Å². The molecule has 60 heavy (non-hydrogen) atoms. The van der Waals surface area contributed by atoms with Crippen LogP contribution >= 0.6 is 0 Å². The van der Waals surface area contributed by atoms with Gasteiger partial charge in [0.1, 0.15) is 5.82 Å². The van der Waals surface area contributed by atoms with E-state index in [4.69, 9.17) is 15.0 Å². The van der Waals surface area contributed by atoms with E-state index in [9.17, 15) is 0 Å². The predicted molar refractivity (Wildman–Crippen MR) is 249 cm³/mol. The highest BCUT2D eigenvalue weighted by Crippen LogP contribution is 2.34. The number of hydrogen-bond donors (Lipinski definition) is 0. The van der Waals surface area contributed by atoms with Gasteiger partial charge in [0.25, 0.3) is 0 Å². The lowest BCUT2D eigenvalue weighted by Gasteiger charge is -2.34. The normalized spacial score (nSPS) is 12.0. The Balaban J connectivity index is 1.17. The van der Waals surface area contributed by atoms with E-state index >= 15 is 0 Å². The van der Waals surface area contributed by atoms with Gasteiger partial charge in [0.2, 0.25) is 11.7 Å². The number of para-hydroxylation sites is 6. The van der Waals surface area contributed by atoms with Crippen LogP contribution in [0.1, 0.15) is 0 Å². The molecule has 12 aromatic rings. The molecule has 0 aliphatic rings. The summed E-state index contributed by atoms with van der Waals surface area (Å²) in [6.45, 7) is 0. The molecule has 0 aliphatic heterocycles. The quantitative estimate of drug-likeness (QED) is 0.120. The van der Waals surface area contributed by atoms with Gasteiger partial charge in [-0.05, 0) is 57.1 Å². The van der Waals surface area contributed by atoms with Gasteiger partial charge in [-0.2, -0.15) is 4.98 Å². The van der Waals surface area contributed by atoms with E-state index in [0.29, 0.717) is 5.95 Å². The molecule has 0 fully saturated rings. The first-order valence-electron chi connectivity index (χ1n) is 20.3. The van der Waals surface area contributed by atoms with Gasteiger partial charge in [0.05, 0.1) is 38.8 Å². The second-order valence-electron chi connectivity index (χ2n) is 15.3. The van der Waals surface area contributed by atoms with Crippen molar-refractivity contribution in [3.63, 3.8) is 0 Å². The average molecular weight is 785 g/mol. The van der Waals surface area contributed by atoms with Crippen molar-refractivity contribution in [2.24, 2.45) is 0 Å². The van der Waals surface area contributed by atoms with E-state index in [1.54, 1.807) is 0 Å². The average Bonchev–Trinajstić information content (AvgIpc) is 3.97. The topological polar surface area (TPSA) is 52.9 Å². The van der Waals surface area contributed by atoms with Crippen molar-refractivity contribution in [3.05, 3.63) is 218 Å². The molecule has 0 saturated heterocycles. The van der Waals surface area contributed by atoms with E-state index < -0.39 is 8.07 Å². The number of nitrogens with zero attached hydrogens (tertiary/aromatic N) is 6. The third-order valence-electron chi connectivity index (χ3n) is 12.0. The van der Waals surface area contributed by atoms with Crippen LogP contribution in [0.15, 0.2) is 218 Å². The van der Waals surface area contributed by atoms with Crippen LogP contribution in [0.25, 0.3) is 72.7 Å². The fraction of sp³-hybridized carbons (Fsp3) is 0. The molecule has 6 nitrogen and oxygen atoms in total. The van der Waals surface area contributed by atoms with Crippen LogP contribution < -0.4 is 20.7 Å². The first-order valence-corrected chi connectivity index (χ1v) is 22.3. The minimum Gasteiger partial charge on any atom is -0.294 e. The number of rotatable bonds is 7. The molecule has 7 heteroatoms. The summed E-state index contributed by atoms with van der Waals surface area (Å²) in [6, 6.07) is 78.3. The molecule has 0 unspecified atom stereocenters. The molecule has 0 atom stereocenters. The monoisotopic (exact) mass is 784 g/mol. The maximum Gasteiger partial charge on any atom is 0.239 e. The van der Waals surface area contributed by atoms with Crippen LogP contribution in [-0.4, -0.2) is 36.6 Å². The lowest BCUT2D eigenvalue weighted by atomic mass is 10.1. The van der Waals surface area contributed by atoms with Crippen LogP contribution in [0.5, 0.6) is 0 Å². The molecule has 0 N–H and O–H groups in total. The van der Waals surface area contributed by atoms with Gasteiger partial charge < -0.3 is 0 Å². The summed E-state index contributed by atoms with van der Waals surface area (Å²) in [5.41, 5.74) is 7.98. The van der Waals surface area contributed by atoms with Crippen LogP contribution in [0.3, 0.4) is 0 Å². The summed E-state index contributed by atoms with van der Waals surface area (Å²) in [5, 5.41) is 7.59. The Kier molecular flexibility index (Phi) is 7.76. The van der Waals surface area contributed by atoms with Crippen molar-refractivity contribution in [1.29, 1.82) is 0 Å². The molecular weight excluding hydrogens is 749 g/mol. The van der Waals surface area contributed by atoms with Crippen LogP contribution in [0, 0.1) is 0 Å². The summed E-state index contributed by atoms with van der Waals surface area (Å²) in [7, 11) is -2.83. The fourth-order valence-electron chi connectivity index (χ4n) is 9.48. The SMILES string of the molecule is c1ccc([Si](c2ccccc2)(c2ccccc2)c2cccc(-c3cc(-n4c5ccccc5c5ccccc54)nc(-n4c5ccccc5n5c6ccccc6nc45)n3)c2)cc1. The minimum atomic E-state index is -2.83. The summed E-state index contributed by atoms with van der Waals surface area (Å²) in [4.78, 5) is 16.2. The highest BCUT2D eigenvalue weighted by Gasteiger charge is 2.41. The van der Waals surface area contributed by atoms with Crippen molar-refractivity contribution in [2.45, 2.75) is 0 Å². The van der Waals surface area contributed by atoms with Crippen LogP contribution in [-0.2, 0) is 0 Å². The summed E-state index contributed by atoms with van der Waals surface area (Å²) < 4.78 is 6.63. The Hall–Kier alpha value is -7.87. The van der Waals surface area contributed by atoms with Crippen LogP contribution in [0.4, 0.5) is 0 Å². The molecule has 4 heterocycles. The van der Waals surface area contributed by atoms with Gasteiger partial charge in [0.15, 0.2) is 8.07 Å². The highest BCUT2D eigenvalue weighted by atomic mass is 28.3. The van der Waals surface area contributed by atoms with E-state index in [1.807, 2.05) is 6.07 Å². The number of hydrogen-bond acceptors (Lipinski definition) is 3. The molecule has 0 saturated carbocycles. The molecular formula is C53H36N6Si. The summed E-state index contributed by atoms with van der Waals surface area (Å²) >= 11 is 0. The summed E-state index contributed by atoms with van der Waals surface area (Å²) in [6.07, 6.45) is 0. The molecule has 0 bridgehead atoms. The molecule has 0 aliphatic carbocycles. The van der Waals surface area contributed by atoms with Crippen molar-refractivity contribution in [2.75, 3.05) is 0 Å². The van der Waals surface area contributed by atoms with Crippen molar-refractivity contribution < 1.29 is 0 Å². The first kappa shape index (κ1) is 34.2. The number of imidazole rings is 2. The number of aromatic nitrogens is 6. The Labute approximate surface area is 346 Å². The Bertz CT molecular complexity index is 3400. The smallest absolute Gasteiger partial charge is 0.239 e. The Morgan fingerprint density at radius 2 is 0.850 bits per heavy atom. The molecule has 0 radical (unpaired) electrons. The first-order chi connectivity index (χ1) is 29.8. The predicted octanol–water partition coefficient (Wildman–Crippen LogP) is 9.36. The van der Waals surface area contributed by atoms with E-state index in [1.165, 1.54) is 31.5 Å². The third-order valence-corrected chi connectivity index (χ3v) is 16.8. The van der Waals surface area contributed by atoms with Gasteiger partial charge in [0, 0.05) is 22.4 Å². The van der Waals surface area contributed by atoms with Gasteiger partial charge >= 0.3 is 0 Å². The Morgan fingerprint density at radius 1 is 0.350 bits per heavy atom. The molecule has 8 aromatic carbocycles.